The van der Waals surface area contributed by atoms with Crippen LogP contribution in [0.25, 0.3) is 0 Å². The van der Waals surface area contributed by atoms with Gasteiger partial charge in [0.1, 0.15) is 5.78 Å². The third-order valence-corrected chi connectivity index (χ3v) is 1.58. The second-order valence-electron chi connectivity index (χ2n) is 2.92. The summed E-state index contributed by atoms with van der Waals surface area (Å²) < 4.78 is 0. The summed E-state index contributed by atoms with van der Waals surface area (Å²) in [5, 5.41) is 16.9. The maximum atomic E-state index is 10.7. The minimum Gasteiger partial charge on any atom is -0.368 e. The van der Waals surface area contributed by atoms with Gasteiger partial charge in [-0.25, -0.2) is 0 Å². The molecule has 0 aliphatic heterocycles. The predicted octanol–water partition coefficient (Wildman–Crippen LogP) is -0.424. The lowest BCUT2D eigenvalue weighted by Gasteiger charge is -2.10. The van der Waals surface area contributed by atoms with E-state index >= 15 is 0 Å². The van der Waals surface area contributed by atoms with E-state index in [-0.39, 0.29) is 18.2 Å². The quantitative estimate of drug-likeness (QED) is 0.289. The van der Waals surface area contributed by atoms with Gasteiger partial charge in [0, 0.05) is 6.42 Å². The number of carbonyl (C=O) groups excluding carboxylic acids is 1. The molecule has 0 rings (SSSR count). The van der Waals surface area contributed by atoms with Crippen molar-refractivity contribution in [2.24, 2.45) is 0 Å². The minimum absolute atomic E-state index is 0.00203. The first kappa shape index (κ1) is 12.5. The summed E-state index contributed by atoms with van der Waals surface area (Å²) in [4.78, 5) is 15.6. The summed E-state index contributed by atoms with van der Waals surface area (Å²) in [6, 6.07) is -0.320. The zero-order valence-electron chi connectivity index (χ0n) is 7.99. The molecule has 13 heavy (non-hydrogen) atoms. The number of hydrogen-bond donors (Lipinski definition) is 3. The van der Waals surface area contributed by atoms with E-state index in [0.29, 0.717) is 13.0 Å². The topological polar surface area (TPSA) is 78.8 Å². The Bertz CT molecular complexity index is 149. The molecule has 3 N–H and O–H groups in total. The largest absolute Gasteiger partial charge is 0.368 e. The summed E-state index contributed by atoms with van der Waals surface area (Å²) in [5.74, 6) is 0.00203. The smallest absolute Gasteiger partial charge is 0.151 e. The highest BCUT2D eigenvalue weighted by Gasteiger charge is 2.05. The van der Waals surface area contributed by atoms with E-state index in [9.17, 15) is 4.79 Å². The molecule has 0 fully saturated rings. The molecule has 0 aliphatic carbocycles. The molecule has 5 heteroatoms. The Kier molecular flexibility index (Phi) is 6.70. The van der Waals surface area contributed by atoms with E-state index in [1.807, 2.05) is 0 Å². The van der Waals surface area contributed by atoms with Crippen LogP contribution in [0.2, 0.25) is 0 Å². The van der Waals surface area contributed by atoms with Crippen molar-refractivity contribution >= 4 is 5.78 Å². The van der Waals surface area contributed by atoms with Crippen LogP contribution < -0.4 is 5.48 Å². The predicted molar refractivity (Wildman–Crippen MR) is 46.7 cm³/mol. The molecule has 0 saturated carbocycles. The van der Waals surface area contributed by atoms with Crippen molar-refractivity contribution in [3.8, 4) is 0 Å². The van der Waals surface area contributed by atoms with E-state index < -0.39 is 6.29 Å². The number of aliphatic hydroxyl groups excluding tert-OH is 1. The molecule has 0 aliphatic rings. The van der Waals surface area contributed by atoms with E-state index in [0.717, 1.165) is 0 Å². The molecule has 0 aromatic rings. The van der Waals surface area contributed by atoms with Gasteiger partial charge in [-0.1, -0.05) is 0 Å². The third-order valence-electron chi connectivity index (χ3n) is 1.58. The molecule has 0 aromatic carbocycles. The number of hydrogen-bond acceptors (Lipinski definition) is 5. The van der Waals surface area contributed by atoms with Gasteiger partial charge in [0.2, 0.25) is 0 Å². The first-order chi connectivity index (χ1) is 6.04. The summed E-state index contributed by atoms with van der Waals surface area (Å²) in [6.07, 6.45) is -0.473. The lowest BCUT2D eigenvalue weighted by molar-refractivity contribution is -0.122. The number of Topliss-reactive ketones (excluding diaryl/α,β-unsaturated/α-hetero) is 1. The molecular formula is C8H17NO4. The van der Waals surface area contributed by atoms with Crippen molar-refractivity contribution in [3.05, 3.63) is 0 Å². The molecule has 0 spiro atoms. The van der Waals surface area contributed by atoms with Gasteiger partial charge < -0.3 is 15.1 Å². The Morgan fingerprint density at radius 3 is 2.62 bits per heavy atom. The maximum Gasteiger partial charge on any atom is 0.151 e. The average molecular weight is 191 g/mol. The monoisotopic (exact) mass is 191 g/mol. The van der Waals surface area contributed by atoms with Gasteiger partial charge in [-0.05, 0) is 20.3 Å². The zero-order chi connectivity index (χ0) is 10.3. The van der Waals surface area contributed by atoms with Crippen LogP contribution >= 0.6 is 0 Å². The lowest BCUT2D eigenvalue weighted by Crippen LogP contribution is -2.32. The van der Waals surface area contributed by atoms with Crippen LogP contribution in [0, 0.1) is 0 Å². The zero-order valence-corrected chi connectivity index (χ0v) is 7.99. The van der Waals surface area contributed by atoms with Crippen molar-refractivity contribution < 1.29 is 19.8 Å². The molecule has 0 radical (unpaired) electrons. The van der Waals surface area contributed by atoms with Crippen molar-refractivity contribution in [1.82, 2.24) is 5.48 Å². The number of rotatable bonds is 7. The van der Waals surface area contributed by atoms with Gasteiger partial charge in [0.05, 0.1) is 12.6 Å². The fraction of sp³-hybridized carbons (Fsp3) is 0.875. The van der Waals surface area contributed by atoms with Crippen molar-refractivity contribution in [2.45, 2.75) is 39.0 Å². The lowest BCUT2D eigenvalue weighted by atomic mass is 10.3. The highest BCUT2D eigenvalue weighted by atomic mass is 16.6. The van der Waals surface area contributed by atoms with Gasteiger partial charge in [-0.3, -0.25) is 4.79 Å². The Labute approximate surface area is 77.7 Å². The molecule has 0 unspecified atom stereocenters. The first-order valence-electron chi connectivity index (χ1n) is 4.28. The van der Waals surface area contributed by atoms with E-state index in [1.165, 1.54) is 6.92 Å². The molecule has 0 bridgehead atoms. The third kappa shape index (κ3) is 7.86. The molecule has 78 valence electrons. The molecule has 1 atom stereocenters. The SMILES string of the molecule is CC(=O)[C@H](C)NOCCCC(O)O. The Morgan fingerprint density at radius 2 is 2.15 bits per heavy atom. The van der Waals surface area contributed by atoms with Gasteiger partial charge in [0.25, 0.3) is 0 Å². The number of carbonyl (C=O) groups is 1. The fourth-order valence-electron chi connectivity index (χ4n) is 0.605. The van der Waals surface area contributed by atoms with E-state index in [1.54, 1.807) is 6.92 Å². The van der Waals surface area contributed by atoms with Crippen molar-refractivity contribution in [1.29, 1.82) is 0 Å². The van der Waals surface area contributed by atoms with Crippen LogP contribution in [-0.4, -0.2) is 34.9 Å². The molecule has 5 nitrogen and oxygen atoms in total. The van der Waals surface area contributed by atoms with Gasteiger partial charge in [0.15, 0.2) is 6.29 Å². The number of hydroxylamine groups is 1. The normalized spacial score (nSPS) is 13.3. The van der Waals surface area contributed by atoms with Crippen LogP contribution in [0.15, 0.2) is 0 Å². The number of nitrogens with one attached hydrogen (secondary N) is 1. The number of ketones is 1. The highest BCUT2D eigenvalue weighted by molar-refractivity contribution is 5.80. The molecule has 0 heterocycles. The average Bonchev–Trinajstić information content (AvgIpc) is 2.02. The van der Waals surface area contributed by atoms with Gasteiger partial charge in [-0.15, -0.1) is 0 Å². The molecule has 0 saturated heterocycles. The summed E-state index contributed by atoms with van der Waals surface area (Å²) in [5.41, 5.74) is 2.54. The molecular weight excluding hydrogens is 174 g/mol. The van der Waals surface area contributed by atoms with Crippen molar-refractivity contribution in [3.63, 3.8) is 0 Å². The second kappa shape index (κ2) is 6.97. The second-order valence-corrected chi connectivity index (χ2v) is 2.92. The number of aliphatic hydroxyl groups is 2. The van der Waals surface area contributed by atoms with Crippen LogP contribution in [-0.2, 0) is 9.63 Å². The molecule has 0 amide bonds. The summed E-state index contributed by atoms with van der Waals surface area (Å²) in [7, 11) is 0. The summed E-state index contributed by atoms with van der Waals surface area (Å²) >= 11 is 0. The minimum atomic E-state index is -1.28. The van der Waals surface area contributed by atoms with Crippen molar-refractivity contribution in [2.75, 3.05) is 6.61 Å². The maximum absolute atomic E-state index is 10.7. The van der Waals surface area contributed by atoms with Crippen LogP contribution in [0.4, 0.5) is 0 Å². The van der Waals surface area contributed by atoms with Crippen LogP contribution in [0.5, 0.6) is 0 Å². The first-order valence-corrected chi connectivity index (χ1v) is 4.28. The van der Waals surface area contributed by atoms with Crippen LogP contribution in [0.3, 0.4) is 0 Å². The standard InChI is InChI=1S/C8H17NO4/c1-6(7(2)10)9-13-5-3-4-8(11)12/h6,8-9,11-12H,3-5H2,1-2H3/t6-/m0/s1. The molecule has 0 aromatic heterocycles. The van der Waals surface area contributed by atoms with Gasteiger partial charge in [-0.2, -0.15) is 5.48 Å². The summed E-state index contributed by atoms with van der Waals surface area (Å²) in [6.45, 7) is 3.52. The highest BCUT2D eigenvalue weighted by Crippen LogP contribution is 1.93. The van der Waals surface area contributed by atoms with Crippen LogP contribution in [0.1, 0.15) is 26.7 Å². The Balaban J connectivity index is 3.21. The Morgan fingerprint density at radius 1 is 1.54 bits per heavy atom. The van der Waals surface area contributed by atoms with E-state index in [4.69, 9.17) is 15.1 Å². The van der Waals surface area contributed by atoms with Gasteiger partial charge >= 0.3 is 0 Å². The van der Waals surface area contributed by atoms with E-state index in [2.05, 4.69) is 5.48 Å². The fourth-order valence-corrected chi connectivity index (χ4v) is 0.605. The Hall–Kier alpha value is -0.490.